The molecule has 35 heavy (non-hydrogen) atoms. The second-order valence-electron chi connectivity index (χ2n) is 9.03. The smallest absolute Gasteiger partial charge is 0.165 e. The molecule has 0 radical (unpaired) electrons. The normalized spacial score (nSPS) is 13.0. The number of rotatable bonds is 12. The second kappa shape index (κ2) is 11.3. The van der Waals surface area contributed by atoms with Crippen LogP contribution in [0.25, 0.3) is 22.2 Å². The first kappa shape index (κ1) is 25.3. The lowest BCUT2D eigenvalue weighted by molar-refractivity contribution is 0.0447. The molecule has 9 nitrogen and oxygen atoms in total. The summed E-state index contributed by atoms with van der Waals surface area (Å²) >= 11 is 5.87. The maximum atomic E-state index is 13.7. The highest BCUT2D eigenvalue weighted by Gasteiger charge is 2.18. The Morgan fingerprint density at radius 2 is 2.06 bits per heavy atom. The van der Waals surface area contributed by atoms with Crippen LogP contribution in [0.15, 0.2) is 24.8 Å². The summed E-state index contributed by atoms with van der Waals surface area (Å²) in [5, 5.41) is 0.0921. The number of benzene rings is 1. The Labute approximate surface area is 208 Å². The molecule has 1 aromatic carbocycles. The van der Waals surface area contributed by atoms with Crippen LogP contribution in [0, 0.1) is 5.82 Å². The van der Waals surface area contributed by atoms with Gasteiger partial charge in [0.05, 0.1) is 28.5 Å². The monoisotopic (exact) mass is 502 g/mol. The van der Waals surface area contributed by atoms with Crippen LogP contribution in [-0.4, -0.2) is 66.7 Å². The molecule has 0 saturated carbocycles. The summed E-state index contributed by atoms with van der Waals surface area (Å²) in [6.45, 7) is 6.92. The molecule has 3 heterocycles. The largest absolute Gasteiger partial charge is 0.382 e. The van der Waals surface area contributed by atoms with E-state index in [4.69, 9.17) is 22.1 Å². The Hall–Kier alpha value is -2.82. The maximum absolute atomic E-state index is 13.7. The van der Waals surface area contributed by atoms with Crippen molar-refractivity contribution in [2.24, 2.45) is 0 Å². The fraction of sp³-hybridized carbons (Fsp3) is 0.500. The number of aromatic amines is 1. The van der Waals surface area contributed by atoms with E-state index in [2.05, 4.69) is 43.7 Å². The molecule has 188 valence electrons. The lowest BCUT2D eigenvalue weighted by Gasteiger charge is -2.30. The van der Waals surface area contributed by atoms with Crippen LogP contribution in [-0.2, 0) is 17.7 Å². The van der Waals surface area contributed by atoms with Crippen molar-refractivity contribution in [3.63, 3.8) is 0 Å². The van der Waals surface area contributed by atoms with Crippen molar-refractivity contribution in [3.8, 4) is 0 Å². The maximum Gasteiger partial charge on any atom is 0.165 e. The summed E-state index contributed by atoms with van der Waals surface area (Å²) in [7, 11) is 1.76. The Morgan fingerprint density at radius 3 is 2.83 bits per heavy atom. The van der Waals surface area contributed by atoms with E-state index in [0.717, 1.165) is 56.8 Å². The van der Waals surface area contributed by atoms with Crippen molar-refractivity contribution < 1.29 is 9.13 Å². The minimum absolute atomic E-state index is 0.0732. The van der Waals surface area contributed by atoms with Crippen molar-refractivity contribution >= 4 is 39.6 Å². The van der Waals surface area contributed by atoms with Crippen molar-refractivity contribution in [3.05, 3.63) is 41.5 Å². The summed E-state index contributed by atoms with van der Waals surface area (Å²) in [5.74, 6) is 0.805. The molecule has 3 N–H and O–H groups in total. The number of ether oxygens (including phenoxy) is 1. The van der Waals surface area contributed by atoms with Gasteiger partial charge in [0.1, 0.15) is 23.5 Å². The van der Waals surface area contributed by atoms with Gasteiger partial charge in [0, 0.05) is 38.7 Å². The number of H-pyrrole nitrogens is 1. The van der Waals surface area contributed by atoms with Gasteiger partial charge in [-0.05, 0) is 45.7 Å². The first-order valence-electron chi connectivity index (χ1n) is 11.9. The zero-order valence-electron chi connectivity index (χ0n) is 20.3. The van der Waals surface area contributed by atoms with E-state index in [1.807, 2.05) is 4.57 Å². The van der Waals surface area contributed by atoms with Crippen molar-refractivity contribution in [2.45, 2.75) is 58.2 Å². The molecule has 0 fully saturated rings. The fourth-order valence-corrected chi connectivity index (χ4v) is 4.39. The number of hydrogen-bond acceptors (Lipinski definition) is 7. The summed E-state index contributed by atoms with van der Waals surface area (Å²) < 4.78 is 21.5. The SMILES string of the molecule is COC(CCn1cnc2c(N)ncnc21)CN(CCCCc1nc2cc(Cl)c(F)cc2[nH]1)C(C)C. The molecule has 0 saturated heterocycles. The number of hydrogen-bond donors (Lipinski definition) is 2. The zero-order chi connectivity index (χ0) is 24.9. The molecule has 1 atom stereocenters. The lowest BCUT2D eigenvalue weighted by atomic mass is 10.1. The van der Waals surface area contributed by atoms with Gasteiger partial charge in [-0.2, -0.15) is 0 Å². The Morgan fingerprint density at radius 1 is 1.23 bits per heavy atom. The Balaban J connectivity index is 1.27. The van der Waals surface area contributed by atoms with Crippen LogP contribution in [0.4, 0.5) is 10.2 Å². The third-order valence-electron chi connectivity index (χ3n) is 6.31. The van der Waals surface area contributed by atoms with E-state index < -0.39 is 5.82 Å². The Bertz CT molecular complexity index is 1230. The first-order chi connectivity index (χ1) is 16.9. The topological polar surface area (TPSA) is 111 Å². The quantitative estimate of drug-likeness (QED) is 0.279. The molecule has 0 bridgehead atoms. The van der Waals surface area contributed by atoms with Gasteiger partial charge in [-0.15, -0.1) is 0 Å². The van der Waals surface area contributed by atoms with E-state index in [1.54, 1.807) is 19.5 Å². The number of unbranched alkanes of at least 4 members (excludes halogenated alkanes) is 1. The number of anilines is 1. The number of halogens is 2. The summed E-state index contributed by atoms with van der Waals surface area (Å²) in [6.07, 6.45) is 6.90. The van der Waals surface area contributed by atoms with Crippen molar-refractivity contribution in [2.75, 3.05) is 25.9 Å². The van der Waals surface area contributed by atoms with E-state index in [9.17, 15) is 4.39 Å². The number of nitrogens with one attached hydrogen (secondary N) is 1. The van der Waals surface area contributed by atoms with Crippen LogP contribution >= 0.6 is 11.6 Å². The molecule has 0 aliphatic carbocycles. The van der Waals surface area contributed by atoms with Crippen LogP contribution in [0.5, 0.6) is 0 Å². The lowest BCUT2D eigenvalue weighted by Crippen LogP contribution is -2.39. The van der Waals surface area contributed by atoms with Gasteiger partial charge in [-0.1, -0.05) is 11.6 Å². The average molecular weight is 503 g/mol. The van der Waals surface area contributed by atoms with Crippen LogP contribution in [0.1, 0.15) is 38.9 Å². The Kier molecular flexibility index (Phi) is 8.15. The van der Waals surface area contributed by atoms with E-state index in [-0.39, 0.29) is 11.1 Å². The highest BCUT2D eigenvalue weighted by Crippen LogP contribution is 2.22. The minimum atomic E-state index is -0.437. The number of nitrogens with two attached hydrogens (primary N) is 1. The molecule has 4 aromatic rings. The van der Waals surface area contributed by atoms with Gasteiger partial charge in [0.15, 0.2) is 11.5 Å². The van der Waals surface area contributed by atoms with Gasteiger partial charge < -0.3 is 20.0 Å². The van der Waals surface area contributed by atoms with Gasteiger partial charge in [-0.25, -0.2) is 24.3 Å². The first-order valence-corrected chi connectivity index (χ1v) is 12.2. The van der Waals surface area contributed by atoms with E-state index in [0.29, 0.717) is 28.4 Å². The number of nitrogen functional groups attached to an aromatic ring is 1. The highest BCUT2D eigenvalue weighted by molar-refractivity contribution is 6.31. The molecule has 3 aromatic heterocycles. The fourth-order valence-electron chi connectivity index (χ4n) is 4.23. The van der Waals surface area contributed by atoms with Gasteiger partial charge in [0.2, 0.25) is 0 Å². The minimum Gasteiger partial charge on any atom is -0.382 e. The molecule has 0 aliphatic rings. The molecule has 0 spiro atoms. The standard InChI is InChI=1S/C24H32ClFN8O/c1-15(2)33(8-5-4-6-21-31-19-10-17(25)18(26)11-20(19)32-21)12-16(35-3)7-9-34-14-30-22-23(27)28-13-29-24(22)34/h10-11,13-16H,4-9,12H2,1-3H3,(H,31,32)(H2,27,28,29). The van der Waals surface area contributed by atoms with Gasteiger partial charge in [0.25, 0.3) is 0 Å². The highest BCUT2D eigenvalue weighted by atomic mass is 35.5. The number of methoxy groups -OCH3 is 1. The molecule has 0 aliphatic heterocycles. The molecular formula is C24H32ClFN8O. The van der Waals surface area contributed by atoms with Gasteiger partial charge in [-0.3, -0.25) is 4.90 Å². The summed E-state index contributed by atoms with van der Waals surface area (Å²) in [4.78, 5) is 22.8. The van der Waals surface area contributed by atoms with Crippen LogP contribution in [0.2, 0.25) is 5.02 Å². The molecule has 1 unspecified atom stereocenters. The van der Waals surface area contributed by atoms with Crippen molar-refractivity contribution in [1.29, 1.82) is 0 Å². The molecule has 4 rings (SSSR count). The average Bonchev–Trinajstić information content (AvgIpc) is 3.42. The number of aromatic nitrogens is 6. The molecular weight excluding hydrogens is 471 g/mol. The predicted molar refractivity (Wildman–Crippen MR) is 136 cm³/mol. The number of fused-ring (bicyclic) bond motifs is 2. The van der Waals surface area contributed by atoms with Crippen LogP contribution in [0.3, 0.4) is 0 Å². The second-order valence-corrected chi connectivity index (χ2v) is 9.44. The molecule has 11 heteroatoms. The predicted octanol–water partition coefficient (Wildman–Crippen LogP) is 4.22. The van der Waals surface area contributed by atoms with E-state index >= 15 is 0 Å². The number of imidazole rings is 2. The summed E-state index contributed by atoms with van der Waals surface area (Å²) in [5.41, 5.74) is 8.63. The van der Waals surface area contributed by atoms with Gasteiger partial charge >= 0.3 is 0 Å². The third kappa shape index (κ3) is 6.06. The van der Waals surface area contributed by atoms with E-state index in [1.165, 1.54) is 12.4 Å². The van der Waals surface area contributed by atoms with Crippen LogP contribution < -0.4 is 5.73 Å². The molecule has 0 amide bonds. The van der Waals surface area contributed by atoms with Crippen molar-refractivity contribution in [1.82, 2.24) is 34.4 Å². The number of aryl methyl sites for hydroxylation is 2. The third-order valence-corrected chi connectivity index (χ3v) is 6.59. The number of nitrogens with zero attached hydrogens (tertiary/aromatic N) is 6. The summed E-state index contributed by atoms with van der Waals surface area (Å²) in [6, 6.07) is 3.35. The zero-order valence-corrected chi connectivity index (χ0v) is 21.1.